The fourth-order valence-electron chi connectivity index (χ4n) is 2.95. The Morgan fingerprint density at radius 1 is 1.47 bits per heavy atom. The average Bonchev–Trinajstić information content (AvgIpc) is 2.28. The largest absolute Gasteiger partial charge is 0.487 e. The maximum Gasteiger partial charge on any atom is 0.125 e. The number of hydrogen-bond donors (Lipinski definition) is 1. The molecule has 92 valence electrons. The Labute approximate surface area is 107 Å². The third kappa shape index (κ3) is 1.94. The van der Waals surface area contributed by atoms with E-state index in [1.807, 2.05) is 18.2 Å². The van der Waals surface area contributed by atoms with E-state index in [0.29, 0.717) is 6.04 Å². The van der Waals surface area contributed by atoms with Crippen molar-refractivity contribution >= 4 is 11.6 Å². The zero-order chi connectivity index (χ0) is 11.9. The molecular formula is C14H18ClNO. The van der Waals surface area contributed by atoms with Crippen LogP contribution in [0.1, 0.15) is 44.2 Å². The van der Waals surface area contributed by atoms with Gasteiger partial charge in [-0.05, 0) is 44.0 Å². The summed E-state index contributed by atoms with van der Waals surface area (Å²) in [6.45, 7) is 3.12. The van der Waals surface area contributed by atoms with Crippen LogP contribution in [0.5, 0.6) is 5.75 Å². The van der Waals surface area contributed by atoms with E-state index in [-0.39, 0.29) is 5.60 Å². The van der Waals surface area contributed by atoms with Crippen molar-refractivity contribution in [2.24, 2.45) is 0 Å². The second-order valence-corrected chi connectivity index (χ2v) is 5.57. The molecule has 1 spiro atoms. The molecule has 1 aromatic carbocycles. The van der Waals surface area contributed by atoms with Gasteiger partial charge in [0, 0.05) is 23.0 Å². The molecule has 3 rings (SSSR count). The van der Waals surface area contributed by atoms with Gasteiger partial charge < -0.3 is 10.1 Å². The first-order valence-electron chi connectivity index (χ1n) is 6.44. The lowest BCUT2D eigenvalue weighted by molar-refractivity contribution is -0.0367. The molecule has 3 heteroatoms. The van der Waals surface area contributed by atoms with Crippen molar-refractivity contribution in [1.82, 2.24) is 5.32 Å². The molecule has 0 bridgehead atoms. The summed E-state index contributed by atoms with van der Waals surface area (Å²) >= 11 is 6.08. The van der Waals surface area contributed by atoms with E-state index in [1.54, 1.807) is 0 Å². The number of nitrogens with one attached hydrogen (secondary N) is 1. The average molecular weight is 252 g/mol. The van der Waals surface area contributed by atoms with Crippen LogP contribution in [0.4, 0.5) is 0 Å². The van der Waals surface area contributed by atoms with Gasteiger partial charge in [0.25, 0.3) is 0 Å². The van der Waals surface area contributed by atoms with Gasteiger partial charge in [-0.15, -0.1) is 0 Å². The van der Waals surface area contributed by atoms with Crippen molar-refractivity contribution in [1.29, 1.82) is 0 Å². The normalized spacial score (nSPS) is 24.9. The molecule has 2 aliphatic rings. The number of hydrogen-bond acceptors (Lipinski definition) is 2. The first kappa shape index (κ1) is 11.4. The summed E-state index contributed by atoms with van der Waals surface area (Å²) in [5.74, 6) is 1.02. The van der Waals surface area contributed by atoms with E-state index in [0.717, 1.165) is 23.7 Å². The molecule has 1 aromatic rings. The lowest BCUT2D eigenvalue weighted by Crippen LogP contribution is -2.49. The topological polar surface area (TPSA) is 21.3 Å². The van der Waals surface area contributed by atoms with E-state index in [1.165, 1.54) is 24.8 Å². The minimum Gasteiger partial charge on any atom is -0.487 e. The summed E-state index contributed by atoms with van der Waals surface area (Å²) < 4.78 is 6.19. The molecular weight excluding hydrogens is 234 g/mol. The molecule has 0 aromatic heterocycles. The van der Waals surface area contributed by atoms with E-state index in [2.05, 4.69) is 12.2 Å². The van der Waals surface area contributed by atoms with Crippen molar-refractivity contribution in [2.75, 3.05) is 6.54 Å². The Kier molecular flexibility index (Phi) is 2.80. The van der Waals surface area contributed by atoms with Crippen molar-refractivity contribution in [3.63, 3.8) is 0 Å². The zero-order valence-corrected chi connectivity index (χ0v) is 10.9. The van der Waals surface area contributed by atoms with Gasteiger partial charge in [-0.2, -0.15) is 0 Å². The summed E-state index contributed by atoms with van der Waals surface area (Å²) in [6.07, 6.45) is 4.75. The van der Waals surface area contributed by atoms with Gasteiger partial charge in [-0.3, -0.25) is 0 Å². The van der Waals surface area contributed by atoms with Crippen LogP contribution in [0.15, 0.2) is 18.2 Å². The molecule has 0 radical (unpaired) electrons. The molecule has 1 N–H and O–H groups in total. The fourth-order valence-corrected chi connectivity index (χ4v) is 3.13. The highest BCUT2D eigenvalue weighted by molar-refractivity contribution is 6.30. The number of benzene rings is 1. The van der Waals surface area contributed by atoms with Gasteiger partial charge in [-0.1, -0.05) is 18.5 Å². The Bertz CT molecular complexity index is 428. The summed E-state index contributed by atoms with van der Waals surface area (Å²) in [6, 6.07) is 6.36. The van der Waals surface area contributed by atoms with E-state index < -0.39 is 0 Å². The van der Waals surface area contributed by atoms with Gasteiger partial charge in [0.05, 0.1) is 0 Å². The van der Waals surface area contributed by atoms with Gasteiger partial charge in [0.1, 0.15) is 11.4 Å². The number of rotatable bonds is 2. The summed E-state index contributed by atoms with van der Waals surface area (Å²) in [5.41, 5.74) is 1.32. The molecule has 1 heterocycles. The standard InChI is InChI=1S/C14H18ClNO/c1-2-16-12-9-14(6-3-7-14)17-13-5-4-10(15)8-11(12)13/h4-5,8,12,16H,2-3,6-7,9H2,1H3. The van der Waals surface area contributed by atoms with E-state index in [9.17, 15) is 0 Å². The predicted molar refractivity (Wildman–Crippen MR) is 69.7 cm³/mol. The molecule has 17 heavy (non-hydrogen) atoms. The van der Waals surface area contributed by atoms with Crippen LogP contribution in [-0.4, -0.2) is 12.1 Å². The molecule has 1 saturated carbocycles. The van der Waals surface area contributed by atoms with Crippen LogP contribution < -0.4 is 10.1 Å². The van der Waals surface area contributed by atoms with Crippen molar-refractivity contribution < 1.29 is 4.74 Å². The third-order valence-corrected chi connectivity index (χ3v) is 4.20. The second-order valence-electron chi connectivity index (χ2n) is 5.14. The van der Waals surface area contributed by atoms with Gasteiger partial charge in [-0.25, -0.2) is 0 Å². The SMILES string of the molecule is CCNC1CC2(CCC2)Oc2ccc(Cl)cc21. The minimum absolute atomic E-state index is 0.105. The fraction of sp³-hybridized carbons (Fsp3) is 0.571. The Morgan fingerprint density at radius 3 is 2.94 bits per heavy atom. The smallest absolute Gasteiger partial charge is 0.125 e. The Balaban J connectivity index is 1.96. The lowest BCUT2D eigenvalue weighted by Gasteiger charge is -2.48. The molecule has 1 atom stereocenters. The van der Waals surface area contributed by atoms with Gasteiger partial charge in [0.2, 0.25) is 0 Å². The minimum atomic E-state index is 0.105. The predicted octanol–water partition coefficient (Wildman–Crippen LogP) is 3.70. The Morgan fingerprint density at radius 2 is 2.29 bits per heavy atom. The van der Waals surface area contributed by atoms with Crippen LogP contribution >= 0.6 is 11.6 Å². The molecule has 1 fully saturated rings. The monoisotopic (exact) mass is 251 g/mol. The summed E-state index contributed by atoms with van der Waals surface area (Å²) in [7, 11) is 0. The van der Waals surface area contributed by atoms with E-state index in [4.69, 9.17) is 16.3 Å². The van der Waals surface area contributed by atoms with Crippen LogP contribution in [0, 0.1) is 0 Å². The lowest BCUT2D eigenvalue weighted by atomic mass is 9.73. The molecule has 0 amide bonds. The van der Waals surface area contributed by atoms with Crippen LogP contribution in [0.3, 0.4) is 0 Å². The van der Waals surface area contributed by atoms with Gasteiger partial charge >= 0.3 is 0 Å². The first-order valence-corrected chi connectivity index (χ1v) is 6.82. The molecule has 0 saturated heterocycles. The highest BCUT2D eigenvalue weighted by Gasteiger charge is 2.45. The van der Waals surface area contributed by atoms with Crippen molar-refractivity contribution in [3.8, 4) is 5.75 Å². The third-order valence-electron chi connectivity index (χ3n) is 3.97. The number of halogens is 1. The van der Waals surface area contributed by atoms with Crippen LogP contribution in [-0.2, 0) is 0 Å². The maximum absolute atomic E-state index is 6.19. The molecule has 2 nitrogen and oxygen atoms in total. The second kappa shape index (κ2) is 4.18. The maximum atomic E-state index is 6.19. The highest BCUT2D eigenvalue weighted by Crippen LogP contribution is 2.49. The first-order chi connectivity index (χ1) is 8.22. The van der Waals surface area contributed by atoms with Crippen LogP contribution in [0.2, 0.25) is 5.02 Å². The highest BCUT2D eigenvalue weighted by atomic mass is 35.5. The summed E-state index contributed by atoms with van der Waals surface area (Å²) in [4.78, 5) is 0. The molecule has 1 unspecified atom stereocenters. The van der Waals surface area contributed by atoms with Crippen LogP contribution in [0.25, 0.3) is 0 Å². The Hall–Kier alpha value is -0.730. The number of ether oxygens (including phenoxy) is 1. The van der Waals surface area contributed by atoms with Crippen molar-refractivity contribution in [2.45, 2.75) is 44.2 Å². The summed E-state index contributed by atoms with van der Waals surface area (Å²) in [5, 5.41) is 4.34. The zero-order valence-electron chi connectivity index (χ0n) is 10.1. The molecule has 1 aliphatic heterocycles. The van der Waals surface area contributed by atoms with Crippen molar-refractivity contribution in [3.05, 3.63) is 28.8 Å². The number of fused-ring (bicyclic) bond motifs is 1. The van der Waals surface area contributed by atoms with E-state index >= 15 is 0 Å². The molecule has 1 aliphatic carbocycles. The quantitative estimate of drug-likeness (QED) is 0.866. The van der Waals surface area contributed by atoms with Gasteiger partial charge in [0.15, 0.2) is 0 Å².